The summed E-state index contributed by atoms with van der Waals surface area (Å²) >= 11 is 5.70. The van der Waals surface area contributed by atoms with Crippen molar-refractivity contribution >= 4 is 23.1 Å². The number of hydrogen-bond acceptors (Lipinski definition) is 4. The van der Waals surface area contributed by atoms with Gasteiger partial charge in [0.15, 0.2) is 0 Å². The van der Waals surface area contributed by atoms with Gasteiger partial charge < -0.3 is 5.32 Å². The third-order valence-corrected chi connectivity index (χ3v) is 2.52. The first-order valence-corrected chi connectivity index (χ1v) is 6.07. The highest BCUT2D eigenvalue weighted by atomic mass is 35.5. The Labute approximate surface area is 105 Å². The van der Waals surface area contributed by atoms with Gasteiger partial charge in [0.25, 0.3) is 5.69 Å². The molecule has 17 heavy (non-hydrogen) atoms. The Balaban J connectivity index is 2.50. The number of pyridine rings is 1. The fourth-order valence-corrected chi connectivity index (χ4v) is 1.65. The van der Waals surface area contributed by atoms with Crippen LogP contribution in [0.15, 0.2) is 12.1 Å². The Morgan fingerprint density at radius 2 is 2.18 bits per heavy atom. The standard InChI is InChI=1S/C11H16ClN3O2/c1-2-3-4-5-6-13-11-8-9(15(16)17)7-10(12)14-11/h7-8H,2-6H2,1H3,(H,13,14). The van der Waals surface area contributed by atoms with E-state index in [2.05, 4.69) is 17.2 Å². The molecule has 1 N–H and O–H groups in total. The molecule has 1 rings (SSSR count). The number of nitro groups is 1. The molecule has 5 nitrogen and oxygen atoms in total. The molecule has 0 aliphatic rings. The number of hydrogen-bond donors (Lipinski definition) is 1. The summed E-state index contributed by atoms with van der Waals surface area (Å²) in [5.74, 6) is 0.459. The molecular formula is C11H16ClN3O2. The van der Waals surface area contributed by atoms with Crippen LogP contribution in [0.5, 0.6) is 0 Å². The molecule has 0 bridgehead atoms. The molecule has 0 saturated carbocycles. The zero-order valence-corrected chi connectivity index (χ0v) is 10.5. The summed E-state index contributed by atoms with van der Waals surface area (Å²) in [6.45, 7) is 2.90. The van der Waals surface area contributed by atoms with Crippen LogP contribution in [0.1, 0.15) is 32.6 Å². The zero-order chi connectivity index (χ0) is 12.7. The van der Waals surface area contributed by atoms with Crippen LogP contribution in [0.25, 0.3) is 0 Å². The van der Waals surface area contributed by atoms with Crippen LogP contribution in [0.3, 0.4) is 0 Å². The van der Waals surface area contributed by atoms with Crippen molar-refractivity contribution in [1.29, 1.82) is 0 Å². The molecule has 0 amide bonds. The van der Waals surface area contributed by atoms with Crippen molar-refractivity contribution in [3.05, 3.63) is 27.4 Å². The van der Waals surface area contributed by atoms with Crippen LogP contribution in [-0.4, -0.2) is 16.5 Å². The van der Waals surface area contributed by atoms with Gasteiger partial charge in [0.1, 0.15) is 11.0 Å². The topological polar surface area (TPSA) is 68.1 Å². The minimum absolute atomic E-state index is 0.0407. The van der Waals surface area contributed by atoms with E-state index in [0.29, 0.717) is 5.82 Å². The Morgan fingerprint density at radius 3 is 2.82 bits per heavy atom. The van der Waals surface area contributed by atoms with Gasteiger partial charge in [-0.1, -0.05) is 37.8 Å². The van der Waals surface area contributed by atoms with Gasteiger partial charge in [-0.15, -0.1) is 0 Å². The van der Waals surface area contributed by atoms with Crippen molar-refractivity contribution in [1.82, 2.24) is 4.98 Å². The molecule has 0 saturated heterocycles. The lowest BCUT2D eigenvalue weighted by atomic mass is 10.2. The fourth-order valence-electron chi connectivity index (χ4n) is 1.45. The second-order valence-corrected chi connectivity index (χ2v) is 4.17. The molecule has 0 aromatic carbocycles. The number of aromatic nitrogens is 1. The SMILES string of the molecule is CCCCCCNc1cc([N+](=O)[O-])cc(Cl)n1. The molecule has 0 fully saturated rings. The fraction of sp³-hybridized carbons (Fsp3) is 0.545. The Bertz CT molecular complexity index is 385. The summed E-state index contributed by atoms with van der Waals surface area (Å²) in [5.41, 5.74) is -0.0407. The predicted octanol–water partition coefficient (Wildman–Crippen LogP) is 3.64. The van der Waals surface area contributed by atoms with Gasteiger partial charge in [0.2, 0.25) is 0 Å². The Morgan fingerprint density at radius 1 is 1.41 bits per heavy atom. The van der Waals surface area contributed by atoms with Gasteiger partial charge in [0.05, 0.1) is 17.1 Å². The minimum atomic E-state index is -0.476. The number of unbranched alkanes of at least 4 members (excludes halogenated alkanes) is 3. The van der Waals surface area contributed by atoms with Crippen LogP contribution in [0, 0.1) is 10.1 Å². The van der Waals surface area contributed by atoms with Crippen molar-refractivity contribution in [2.24, 2.45) is 0 Å². The highest BCUT2D eigenvalue weighted by Gasteiger charge is 2.09. The highest BCUT2D eigenvalue weighted by molar-refractivity contribution is 6.29. The molecule has 0 radical (unpaired) electrons. The van der Waals surface area contributed by atoms with Crippen molar-refractivity contribution < 1.29 is 4.92 Å². The first-order valence-electron chi connectivity index (χ1n) is 5.69. The molecule has 1 aromatic rings. The predicted molar refractivity (Wildman–Crippen MR) is 68.5 cm³/mol. The largest absolute Gasteiger partial charge is 0.370 e. The molecule has 0 aliphatic heterocycles. The van der Waals surface area contributed by atoms with E-state index in [-0.39, 0.29) is 10.8 Å². The highest BCUT2D eigenvalue weighted by Crippen LogP contribution is 2.20. The van der Waals surface area contributed by atoms with Crippen LogP contribution < -0.4 is 5.32 Å². The van der Waals surface area contributed by atoms with Crippen molar-refractivity contribution in [2.45, 2.75) is 32.6 Å². The summed E-state index contributed by atoms with van der Waals surface area (Å²) in [6.07, 6.45) is 4.55. The van der Waals surface area contributed by atoms with Gasteiger partial charge in [-0.25, -0.2) is 4.98 Å². The minimum Gasteiger partial charge on any atom is -0.370 e. The number of rotatable bonds is 7. The van der Waals surface area contributed by atoms with Crippen LogP contribution in [0.4, 0.5) is 11.5 Å². The lowest BCUT2D eigenvalue weighted by molar-refractivity contribution is -0.384. The molecule has 6 heteroatoms. The monoisotopic (exact) mass is 257 g/mol. The third kappa shape index (κ3) is 4.99. The molecule has 0 aliphatic carbocycles. The second kappa shape index (κ2) is 7.06. The summed E-state index contributed by atoms with van der Waals surface area (Å²) in [6, 6.07) is 2.63. The van der Waals surface area contributed by atoms with Gasteiger partial charge in [0, 0.05) is 6.54 Å². The second-order valence-electron chi connectivity index (χ2n) is 3.78. The normalized spacial score (nSPS) is 10.2. The van der Waals surface area contributed by atoms with Gasteiger partial charge in [-0.05, 0) is 6.42 Å². The number of nitrogens with one attached hydrogen (secondary N) is 1. The molecular weight excluding hydrogens is 242 g/mol. The van der Waals surface area contributed by atoms with Crippen LogP contribution in [-0.2, 0) is 0 Å². The summed E-state index contributed by atoms with van der Waals surface area (Å²) in [5, 5.41) is 13.8. The van der Waals surface area contributed by atoms with Crippen LogP contribution >= 0.6 is 11.6 Å². The van der Waals surface area contributed by atoms with E-state index in [1.807, 2.05) is 0 Å². The number of halogens is 1. The van der Waals surface area contributed by atoms with E-state index in [4.69, 9.17) is 11.6 Å². The molecule has 1 aromatic heterocycles. The Hall–Kier alpha value is -1.36. The van der Waals surface area contributed by atoms with Crippen molar-refractivity contribution in [2.75, 3.05) is 11.9 Å². The average molecular weight is 258 g/mol. The van der Waals surface area contributed by atoms with Crippen LogP contribution in [0.2, 0.25) is 5.15 Å². The average Bonchev–Trinajstić information content (AvgIpc) is 2.28. The summed E-state index contributed by atoms with van der Waals surface area (Å²) < 4.78 is 0. The number of nitrogens with zero attached hydrogens (tertiary/aromatic N) is 2. The lowest BCUT2D eigenvalue weighted by Crippen LogP contribution is -2.04. The van der Waals surface area contributed by atoms with E-state index in [0.717, 1.165) is 19.4 Å². The first kappa shape index (κ1) is 13.7. The third-order valence-electron chi connectivity index (χ3n) is 2.33. The van der Waals surface area contributed by atoms with E-state index in [1.54, 1.807) is 0 Å². The Kier molecular flexibility index (Phi) is 5.69. The maximum absolute atomic E-state index is 10.6. The van der Waals surface area contributed by atoms with Crippen molar-refractivity contribution in [3.63, 3.8) is 0 Å². The summed E-state index contributed by atoms with van der Waals surface area (Å²) in [4.78, 5) is 14.1. The first-order chi connectivity index (χ1) is 8.13. The van der Waals surface area contributed by atoms with E-state index < -0.39 is 4.92 Å². The maximum Gasteiger partial charge on any atom is 0.276 e. The quantitative estimate of drug-likeness (QED) is 0.350. The molecule has 0 atom stereocenters. The number of anilines is 1. The maximum atomic E-state index is 10.6. The van der Waals surface area contributed by atoms with E-state index in [1.165, 1.54) is 25.0 Å². The summed E-state index contributed by atoms with van der Waals surface area (Å²) in [7, 11) is 0. The van der Waals surface area contributed by atoms with Gasteiger partial charge in [-0.3, -0.25) is 10.1 Å². The van der Waals surface area contributed by atoms with Gasteiger partial charge in [-0.2, -0.15) is 0 Å². The molecule has 1 heterocycles. The van der Waals surface area contributed by atoms with E-state index >= 15 is 0 Å². The van der Waals surface area contributed by atoms with Crippen molar-refractivity contribution in [3.8, 4) is 0 Å². The zero-order valence-electron chi connectivity index (χ0n) is 9.78. The molecule has 0 unspecified atom stereocenters. The smallest absolute Gasteiger partial charge is 0.276 e. The molecule has 0 spiro atoms. The molecule has 94 valence electrons. The lowest BCUT2D eigenvalue weighted by Gasteiger charge is -2.05. The van der Waals surface area contributed by atoms with E-state index in [9.17, 15) is 10.1 Å². The van der Waals surface area contributed by atoms with Gasteiger partial charge >= 0.3 is 0 Å².